The Morgan fingerprint density at radius 1 is 1.16 bits per heavy atom. The van der Waals surface area contributed by atoms with Crippen molar-refractivity contribution in [1.82, 2.24) is 9.78 Å². The number of anilines is 1. The number of amides is 1. The van der Waals surface area contributed by atoms with Gasteiger partial charge in [0.2, 0.25) is 5.43 Å². The van der Waals surface area contributed by atoms with Crippen molar-refractivity contribution in [2.24, 2.45) is 0 Å². The average Bonchev–Trinajstić information content (AvgIpc) is 2.70. The molecule has 3 rings (SSSR count). The summed E-state index contributed by atoms with van der Waals surface area (Å²) in [4.78, 5) is 25.2. The first kappa shape index (κ1) is 22.4. The Balaban J connectivity index is 2.04. The fourth-order valence-corrected chi connectivity index (χ4v) is 3.05. The third-order valence-electron chi connectivity index (χ3n) is 4.47. The number of carbonyl (C=O) groups excluding carboxylic acids is 1. The van der Waals surface area contributed by atoms with Crippen LogP contribution in [0.4, 0.5) is 18.9 Å². The van der Waals surface area contributed by atoms with E-state index in [4.69, 9.17) is 16.3 Å². The first-order chi connectivity index (χ1) is 14.5. The minimum Gasteiger partial charge on any atom is -0.495 e. The van der Waals surface area contributed by atoms with E-state index in [1.807, 2.05) is 0 Å². The summed E-state index contributed by atoms with van der Waals surface area (Å²) in [7, 11) is 1.39. The second-order valence-electron chi connectivity index (χ2n) is 6.71. The largest absolute Gasteiger partial charge is 0.495 e. The SMILES string of the molecule is COc1cc(Cl)c(C)cc1NC(=O)c1nn(-c2cccc(C(F)(F)F)c2)c(C)cc1=O. The van der Waals surface area contributed by atoms with Gasteiger partial charge < -0.3 is 10.1 Å². The number of halogens is 4. The van der Waals surface area contributed by atoms with E-state index in [1.54, 1.807) is 13.0 Å². The second kappa shape index (κ2) is 8.43. The van der Waals surface area contributed by atoms with Crippen molar-refractivity contribution in [2.45, 2.75) is 20.0 Å². The lowest BCUT2D eigenvalue weighted by Gasteiger charge is -2.14. The molecule has 3 aromatic rings. The number of nitrogens with zero attached hydrogens (tertiary/aromatic N) is 2. The van der Waals surface area contributed by atoms with E-state index in [9.17, 15) is 22.8 Å². The first-order valence-corrected chi connectivity index (χ1v) is 9.33. The molecule has 0 radical (unpaired) electrons. The summed E-state index contributed by atoms with van der Waals surface area (Å²) in [5.41, 5.74) is -0.794. The van der Waals surface area contributed by atoms with Crippen LogP contribution in [0.2, 0.25) is 5.02 Å². The molecule has 0 saturated carbocycles. The zero-order valence-electron chi connectivity index (χ0n) is 16.7. The molecular formula is C21H17ClF3N3O3. The summed E-state index contributed by atoms with van der Waals surface area (Å²) >= 11 is 6.06. The lowest BCUT2D eigenvalue weighted by molar-refractivity contribution is -0.137. The standard InChI is InChI=1S/C21H17ClF3N3O3/c1-11-7-16(18(31-3)10-15(11)22)26-20(30)19-17(29)8-12(2)28(27-19)14-6-4-5-13(9-14)21(23,24)25/h4-10H,1-3H3,(H,26,30). The van der Waals surface area contributed by atoms with Gasteiger partial charge in [-0.3, -0.25) is 9.59 Å². The summed E-state index contributed by atoms with van der Waals surface area (Å²) in [6.07, 6.45) is -4.55. The highest BCUT2D eigenvalue weighted by molar-refractivity contribution is 6.31. The predicted molar refractivity (Wildman–Crippen MR) is 110 cm³/mol. The zero-order chi connectivity index (χ0) is 22.9. The molecule has 0 unspecified atom stereocenters. The number of alkyl halides is 3. The molecule has 6 nitrogen and oxygen atoms in total. The van der Waals surface area contributed by atoms with E-state index in [2.05, 4.69) is 10.4 Å². The van der Waals surface area contributed by atoms with Crippen LogP contribution in [0.3, 0.4) is 0 Å². The lowest BCUT2D eigenvalue weighted by Crippen LogP contribution is -2.27. The molecule has 0 aliphatic heterocycles. The summed E-state index contributed by atoms with van der Waals surface area (Å²) in [6, 6.07) is 8.63. The summed E-state index contributed by atoms with van der Waals surface area (Å²) in [5, 5.41) is 6.98. The molecule has 10 heteroatoms. The highest BCUT2D eigenvalue weighted by atomic mass is 35.5. The minimum atomic E-state index is -4.55. The van der Waals surface area contributed by atoms with Gasteiger partial charge in [0.05, 0.1) is 24.0 Å². The maximum absolute atomic E-state index is 13.1. The Labute approximate surface area is 180 Å². The minimum absolute atomic E-state index is 0.0568. The molecule has 0 fully saturated rings. The smallest absolute Gasteiger partial charge is 0.416 e. The Morgan fingerprint density at radius 3 is 2.52 bits per heavy atom. The Morgan fingerprint density at radius 2 is 1.87 bits per heavy atom. The van der Waals surface area contributed by atoms with Gasteiger partial charge in [-0.25, -0.2) is 4.68 Å². The van der Waals surface area contributed by atoms with Crippen molar-refractivity contribution >= 4 is 23.2 Å². The number of hydrogen-bond donors (Lipinski definition) is 1. The van der Waals surface area contributed by atoms with Gasteiger partial charge >= 0.3 is 6.18 Å². The van der Waals surface area contributed by atoms with Crippen molar-refractivity contribution in [3.05, 3.63) is 80.2 Å². The molecule has 31 heavy (non-hydrogen) atoms. The van der Waals surface area contributed by atoms with Crippen LogP contribution in [-0.2, 0) is 6.18 Å². The average molecular weight is 452 g/mol. The van der Waals surface area contributed by atoms with Crippen LogP contribution in [0.1, 0.15) is 27.3 Å². The van der Waals surface area contributed by atoms with Crippen LogP contribution in [0.15, 0.2) is 47.3 Å². The van der Waals surface area contributed by atoms with Crippen LogP contribution < -0.4 is 15.5 Å². The quantitative estimate of drug-likeness (QED) is 0.619. The maximum atomic E-state index is 13.1. The highest BCUT2D eigenvalue weighted by Crippen LogP contribution is 2.32. The topological polar surface area (TPSA) is 73.2 Å². The number of hydrogen-bond acceptors (Lipinski definition) is 4. The van der Waals surface area contributed by atoms with E-state index in [1.165, 1.54) is 32.2 Å². The third kappa shape index (κ3) is 4.72. The number of ether oxygens (including phenoxy) is 1. The van der Waals surface area contributed by atoms with Gasteiger partial charge in [0.25, 0.3) is 5.91 Å². The maximum Gasteiger partial charge on any atom is 0.416 e. The summed E-state index contributed by atoms with van der Waals surface area (Å²) < 4.78 is 45.5. The predicted octanol–water partition coefficient (Wildman–Crippen LogP) is 4.78. The lowest BCUT2D eigenvalue weighted by atomic mass is 10.2. The van der Waals surface area contributed by atoms with Crippen molar-refractivity contribution in [1.29, 1.82) is 0 Å². The Bertz CT molecular complexity index is 1220. The fourth-order valence-electron chi connectivity index (χ4n) is 2.89. The molecule has 0 saturated heterocycles. The van der Waals surface area contributed by atoms with Crippen LogP contribution in [0.5, 0.6) is 5.75 Å². The van der Waals surface area contributed by atoms with Gasteiger partial charge in [-0.2, -0.15) is 18.3 Å². The second-order valence-corrected chi connectivity index (χ2v) is 7.12. The van der Waals surface area contributed by atoms with E-state index in [0.29, 0.717) is 10.6 Å². The number of rotatable bonds is 4. The van der Waals surface area contributed by atoms with Crippen molar-refractivity contribution < 1.29 is 22.7 Å². The van der Waals surface area contributed by atoms with Gasteiger partial charge in [0.1, 0.15) is 5.75 Å². The molecule has 0 atom stereocenters. The van der Waals surface area contributed by atoms with Gasteiger partial charge in [-0.05, 0) is 43.7 Å². The van der Waals surface area contributed by atoms with Gasteiger partial charge in [0, 0.05) is 22.8 Å². The highest BCUT2D eigenvalue weighted by Gasteiger charge is 2.30. The van der Waals surface area contributed by atoms with E-state index < -0.39 is 28.8 Å². The van der Waals surface area contributed by atoms with Crippen molar-refractivity contribution in [2.75, 3.05) is 12.4 Å². The molecule has 0 aliphatic rings. The molecule has 2 aromatic carbocycles. The van der Waals surface area contributed by atoms with Gasteiger partial charge in [-0.1, -0.05) is 17.7 Å². The monoisotopic (exact) mass is 451 g/mol. The fraction of sp³-hybridized carbons (Fsp3) is 0.190. The summed E-state index contributed by atoms with van der Waals surface area (Å²) in [5.74, 6) is -0.569. The zero-order valence-corrected chi connectivity index (χ0v) is 17.4. The number of benzene rings is 2. The molecule has 1 heterocycles. The molecule has 1 N–H and O–H groups in total. The molecular weight excluding hydrogens is 435 g/mol. The summed E-state index contributed by atoms with van der Waals surface area (Å²) in [6.45, 7) is 3.23. The van der Waals surface area contributed by atoms with E-state index in [-0.39, 0.29) is 22.8 Å². The number of nitrogens with one attached hydrogen (secondary N) is 1. The molecule has 1 amide bonds. The van der Waals surface area contributed by atoms with E-state index in [0.717, 1.165) is 22.9 Å². The van der Waals surface area contributed by atoms with Crippen LogP contribution >= 0.6 is 11.6 Å². The van der Waals surface area contributed by atoms with Crippen LogP contribution in [-0.4, -0.2) is 22.8 Å². The van der Waals surface area contributed by atoms with Crippen LogP contribution in [0.25, 0.3) is 5.69 Å². The Kier molecular flexibility index (Phi) is 6.08. The molecule has 162 valence electrons. The van der Waals surface area contributed by atoms with Crippen LogP contribution in [0, 0.1) is 13.8 Å². The molecule has 0 spiro atoms. The molecule has 0 aliphatic carbocycles. The number of carbonyl (C=O) groups is 1. The molecule has 0 bridgehead atoms. The van der Waals surface area contributed by atoms with Crippen molar-refractivity contribution in [3.63, 3.8) is 0 Å². The van der Waals surface area contributed by atoms with Gasteiger partial charge in [-0.15, -0.1) is 0 Å². The number of aromatic nitrogens is 2. The number of aryl methyl sites for hydroxylation is 2. The van der Waals surface area contributed by atoms with Gasteiger partial charge in [0.15, 0.2) is 5.69 Å². The molecule has 1 aromatic heterocycles. The number of methoxy groups -OCH3 is 1. The third-order valence-corrected chi connectivity index (χ3v) is 4.88. The van der Waals surface area contributed by atoms with Crippen molar-refractivity contribution in [3.8, 4) is 11.4 Å². The Hall–Kier alpha value is -3.33. The van der Waals surface area contributed by atoms with E-state index >= 15 is 0 Å². The normalized spacial score (nSPS) is 11.3. The first-order valence-electron chi connectivity index (χ1n) is 8.95.